The molecule has 0 saturated carbocycles. The van der Waals surface area contributed by atoms with Crippen LogP contribution in [0.15, 0.2) is 35.7 Å². The first-order chi connectivity index (χ1) is 12.0. The molecular formula is C18H21ClN2O3S. The minimum absolute atomic E-state index is 0.199. The average Bonchev–Trinajstić information content (AvgIpc) is 3.10. The van der Waals surface area contributed by atoms with E-state index in [-0.39, 0.29) is 18.2 Å². The standard InChI is InChI=1S/C18H21ClN2O3S/c1-13-12-14(19)6-8-16(13)24-10-2-5-17(22)20-21-18(23)9-7-15-4-3-11-25-15/h3-4,6,8,11-12H,2,5,7,9-10H2,1H3,(H,20,22)(H,21,23). The number of hydrogen-bond acceptors (Lipinski definition) is 4. The molecule has 0 fully saturated rings. The molecule has 7 heteroatoms. The number of aryl methyl sites for hydroxylation is 2. The van der Waals surface area contributed by atoms with Gasteiger partial charge in [0, 0.05) is 22.7 Å². The largest absolute Gasteiger partial charge is 0.493 e. The van der Waals surface area contributed by atoms with E-state index in [1.54, 1.807) is 17.4 Å². The first-order valence-corrected chi connectivity index (χ1v) is 9.29. The Morgan fingerprint density at radius 2 is 1.92 bits per heavy atom. The highest BCUT2D eigenvalue weighted by Crippen LogP contribution is 2.21. The maximum atomic E-state index is 11.7. The van der Waals surface area contributed by atoms with Crippen LogP contribution in [0.25, 0.3) is 0 Å². The second kappa shape index (κ2) is 10.1. The van der Waals surface area contributed by atoms with E-state index in [0.717, 1.165) is 16.2 Å². The van der Waals surface area contributed by atoms with E-state index in [0.29, 0.717) is 30.9 Å². The lowest BCUT2D eigenvalue weighted by molar-refractivity contribution is -0.129. The van der Waals surface area contributed by atoms with Crippen LogP contribution >= 0.6 is 22.9 Å². The quantitative estimate of drug-likeness (QED) is 0.542. The molecule has 0 bridgehead atoms. The number of hydrazine groups is 1. The van der Waals surface area contributed by atoms with Crippen LogP contribution in [0.3, 0.4) is 0 Å². The van der Waals surface area contributed by atoms with Crippen molar-refractivity contribution in [1.29, 1.82) is 0 Å². The van der Waals surface area contributed by atoms with Crippen molar-refractivity contribution in [3.63, 3.8) is 0 Å². The molecule has 1 aromatic heterocycles. The minimum Gasteiger partial charge on any atom is -0.493 e. The third-order valence-corrected chi connectivity index (χ3v) is 4.63. The molecule has 25 heavy (non-hydrogen) atoms. The molecular weight excluding hydrogens is 360 g/mol. The first-order valence-electron chi connectivity index (χ1n) is 8.03. The number of hydrogen-bond donors (Lipinski definition) is 2. The van der Waals surface area contributed by atoms with Crippen LogP contribution in [-0.2, 0) is 16.0 Å². The van der Waals surface area contributed by atoms with E-state index in [1.807, 2.05) is 36.6 Å². The van der Waals surface area contributed by atoms with Gasteiger partial charge in [-0.05, 0) is 55.0 Å². The summed E-state index contributed by atoms with van der Waals surface area (Å²) in [7, 11) is 0. The molecule has 5 nitrogen and oxygen atoms in total. The Morgan fingerprint density at radius 1 is 1.16 bits per heavy atom. The Balaban J connectivity index is 1.56. The van der Waals surface area contributed by atoms with Crippen molar-refractivity contribution in [2.75, 3.05) is 6.61 Å². The summed E-state index contributed by atoms with van der Waals surface area (Å²) >= 11 is 7.50. The van der Waals surface area contributed by atoms with E-state index in [2.05, 4.69) is 10.9 Å². The summed E-state index contributed by atoms with van der Waals surface area (Å²) in [6, 6.07) is 9.34. The topological polar surface area (TPSA) is 67.4 Å². The molecule has 0 radical (unpaired) electrons. The number of halogens is 1. The van der Waals surface area contributed by atoms with Crippen LogP contribution in [0.1, 0.15) is 29.7 Å². The van der Waals surface area contributed by atoms with E-state index < -0.39 is 0 Å². The van der Waals surface area contributed by atoms with Crippen molar-refractivity contribution in [3.8, 4) is 5.75 Å². The molecule has 0 aliphatic rings. The van der Waals surface area contributed by atoms with Crippen molar-refractivity contribution in [3.05, 3.63) is 51.2 Å². The Kier molecular flexibility index (Phi) is 7.76. The number of rotatable bonds is 8. The average molecular weight is 381 g/mol. The smallest absolute Gasteiger partial charge is 0.238 e. The predicted molar refractivity (Wildman–Crippen MR) is 99.8 cm³/mol. The lowest BCUT2D eigenvalue weighted by Crippen LogP contribution is -2.41. The molecule has 0 aliphatic heterocycles. The highest BCUT2D eigenvalue weighted by Gasteiger charge is 2.06. The van der Waals surface area contributed by atoms with Crippen LogP contribution in [0.5, 0.6) is 5.75 Å². The van der Waals surface area contributed by atoms with E-state index in [1.165, 1.54) is 0 Å². The van der Waals surface area contributed by atoms with Crippen molar-refractivity contribution < 1.29 is 14.3 Å². The second-order valence-corrected chi connectivity index (χ2v) is 7.01. The van der Waals surface area contributed by atoms with Gasteiger partial charge in [-0.25, -0.2) is 0 Å². The lowest BCUT2D eigenvalue weighted by Gasteiger charge is -2.10. The predicted octanol–water partition coefficient (Wildman–Crippen LogP) is 3.65. The zero-order chi connectivity index (χ0) is 18.1. The number of benzene rings is 1. The van der Waals surface area contributed by atoms with Crippen molar-refractivity contribution >= 4 is 34.8 Å². The highest BCUT2D eigenvalue weighted by molar-refractivity contribution is 7.09. The van der Waals surface area contributed by atoms with Crippen molar-refractivity contribution in [2.45, 2.75) is 32.6 Å². The Hall–Kier alpha value is -2.05. The number of nitrogens with one attached hydrogen (secondary N) is 2. The summed E-state index contributed by atoms with van der Waals surface area (Å²) in [5.41, 5.74) is 5.81. The Labute approximate surface area is 156 Å². The van der Waals surface area contributed by atoms with Gasteiger partial charge in [0.2, 0.25) is 11.8 Å². The summed E-state index contributed by atoms with van der Waals surface area (Å²) in [5.74, 6) is 0.322. The maximum absolute atomic E-state index is 11.7. The number of ether oxygens (including phenoxy) is 1. The maximum Gasteiger partial charge on any atom is 0.238 e. The summed E-state index contributed by atoms with van der Waals surface area (Å²) in [6.45, 7) is 2.34. The molecule has 134 valence electrons. The fourth-order valence-electron chi connectivity index (χ4n) is 2.15. The van der Waals surface area contributed by atoms with E-state index >= 15 is 0 Å². The van der Waals surface area contributed by atoms with Crippen LogP contribution < -0.4 is 15.6 Å². The minimum atomic E-state index is -0.235. The van der Waals surface area contributed by atoms with Gasteiger partial charge in [0.1, 0.15) is 5.75 Å². The van der Waals surface area contributed by atoms with Crippen LogP contribution in [0.2, 0.25) is 5.02 Å². The van der Waals surface area contributed by atoms with Crippen molar-refractivity contribution in [1.82, 2.24) is 10.9 Å². The Morgan fingerprint density at radius 3 is 2.60 bits per heavy atom. The van der Waals surface area contributed by atoms with Gasteiger partial charge in [-0.15, -0.1) is 11.3 Å². The van der Waals surface area contributed by atoms with Gasteiger partial charge >= 0.3 is 0 Å². The molecule has 0 saturated heterocycles. The number of amides is 2. The normalized spacial score (nSPS) is 10.3. The number of carbonyl (C=O) groups excluding carboxylic acids is 2. The monoisotopic (exact) mass is 380 g/mol. The number of thiophene rings is 1. The SMILES string of the molecule is Cc1cc(Cl)ccc1OCCCC(=O)NNC(=O)CCc1cccs1. The van der Waals surface area contributed by atoms with Gasteiger partial charge in [0.25, 0.3) is 0 Å². The van der Waals surface area contributed by atoms with Crippen LogP contribution in [-0.4, -0.2) is 18.4 Å². The van der Waals surface area contributed by atoms with E-state index in [9.17, 15) is 9.59 Å². The first kappa shape index (κ1) is 19.3. The number of carbonyl (C=O) groups is 2. The molecule has 0 spiro atoms. The van der Waals surface area contributed by atoms with Crippen LogP contribution in [0.4, 0.5) is 0 Å². The molecule has 0 aliphatic carbocycles. The fourth-order valence-corrected chi connectivity index (χ4v) is 3.08. The molecule has 2 N–H and O–H groups in total. The van der Waals surface area contributed by atoms with Gasteiger partial charge in [0.15, 0.2) is 0 Å². The van der Waals surface area contributed by atoms with Gasteiger partial charge in [-0.1, -0.05) is 17.7 Å². The molecule has 0 unspecified atom stereocenters. The third-order valence-electron chi connectivity index (χ3n) is 3.46. The zero-order valence-corrected chi connectivity index (χ0v) is 15.6. The molecule has 2 rings (SSSR count). The van der Waals surface area contributed by atoms with Gasteiger partial charge in [-0.3, -0.25) is 20.4 Å². The lowest BCUT2D eigenvalue weighted by atomic mass is 10.2. The second-order valence-electron chi connectivity index (χ2n) is 5.54. The summed E-state index contributed by atoms with van der Waals surface area (Å²) in [4.78, 5) is 24.5. The highest BCUT2D eigenvalue weighted by atomic mass is 35.5. The van der Waals surface area contributed by atoms with Gasteiger partial charge in [-0.2, -0.15) is 0 Å². The molecule has 1 heterocycles. The molecule has 2 amide bonds. The van der Waals surface area contributed by atoms with Gasteiger partial charge < -0.3 is 4.74 Å². The van der Waals surface area contributed by atoms with Crippen LogP contribution in [0, 0.1) is 6.92 Å². The van der Waals surface area contributed by atoms with E-state index in [4.69, 9.17) is 16.3 Å². The molecule has 2 aromatic rings. The summed E-state index contributed by atoms with van der Waals surface area (Å²) in [5, 5.41) is 2.64. The summed E-state index contributed by atoms with van der Waals surface area (Å²) < 4.78 is 5.62. The van der Waals surface area contributed by atoms with Crippen molar-refractivity contribution in [2.24, 2.45) is 0 Å². The fraction of sp³-hybridized carbons (Fsp3) is 0.333. The molecule has 0 atom stereocenters. The molecule has 1 aromatic carbocycles. The van der Waals surface area contributed by atoms with Gasteiger partial charge in [0.05, 0.1) is 6.61 Å². The Bertz CT molecular complexity index is 704. The third kappa shape index (κ3) is 7.15. The zero-order valence-electron chi connectivity index (χ0n) is 14.0. The summed E-state index contributed by atoms with van der Waals surface area (Å²) in [6.07, 6.45) is 1.85.